The Morgan fingerprint density at radius 2 is 2.00 bits per heavy atom. The summed E-state index contributed by atoms with van der Waals surface area (Å²) >= 11 is 9.58. The number of hydrogen-bond acceptors (Lipinski definition) is 4. The number of aryl methyl sites for hydroxylation is 1. The van der Waals surface area contributed by atoms with Crippen molar-refractivity contribution >= 4 is 27.5 Å². The van der Waals surface area contributed by atoms with Crippen LogP contribution in [0.1, 0.15) is 22.7 Å². The molecule has 134 valence electrons. The average Bonchev–Trinajstić information content (AvgIpc) is 2.97. The van der Waals surface area contributed by atoms with Gasteiger partial charge in [-0.3, -0.25) is 0 Å². The molecule has 0 unspecified atom stereocenters. The summed E-state index contributed by atoms with van der Waals surface area (Å²) in [7, 11) is 0. The first-order valence-electron chi connectivity index (χ1n) is 8.18. The van der Waals surface area contributed by atoms with E-state index in [0.29, 0.717) is 16.5 Å². The third-order valence-electron chi connectivity index (χ3n) is 4.49. The fourth-order valence-corrected chi connectivity index (χ4v) is 3.73. The van der Waals surface area contributed by atoms with Gasteiger partial charge in [0.25, 0.3) is 0 Å². The van der Waals surface area contributed by atoms with Crippen LogP contribution in [0.3, 0.4) is 0 Å². The maximum absolute atomic E-state index is 9.70. The van der Waals surface area contributed by atoms with Gasteiger partial charge >= 0.3 is 0 Å². The molecule has 0 saturated carbocycles. The summed E-state index contributed by atoms with van der Waals surface area (Å²) in [5.41, 5.74) is 9.76. The van der Waals surface area contributed by atoms with Crippen LogP contribution in [0, 0.1) is 18.3 Å². The van der Waals surface area contributed by atoms with Crippen molar-refractivity contribution in [3.63, 3.8) is 0 Å². The quantitative estimate of drug-likeness (QED) is 0.619. The fraction of sp³-hybridized carbons (Fsp3) is 0.100. The van der Waals surface area contributed by atoms with Crippen molar-refractivity contribution in [2.45, 2.75) is 12.8 Å². The van der Waals surface area contributed by atoms with Gasteiger partial charge in [0, 0.05) is 9.50 Å². The molecule has 2 N–H and O–H groups in total. The summed E-state index contributed by atoms with van der Waals surface area (Å²) < 4.78 is 8.47. The molecule has 0 bridgehead atoms. The topological polar surface area (TPSA) is 76.9 Å². The minimum absolute atomic E-state index is 0.0843. The number of aromatic nitrogens is 2. The minimum atomic E-state index is -0.347. The number of nitriles is 1. The lowest BCUT2D eigenvalue weighted by Crippen LogP contribution is -2.22. The zero-order valence-corrected chi connectivity index (χ0v) is 16.6. The van der Waals surface area contributed by atoms with Crippen LogP contribution in [-0.2, 0) is 0 Å². The molecule has 0 saturated heterocycles. The number of fused-ring (bicyclic) bond motifs is 1. The molecule has 4 rings (SSSR count). The van der Waals surface area contributed by atoms with E-state index in [4.69, 9.17) is 22.1 Å². The van der Waals surface area contributed by atoms with E-state index < -0.39 is 0 Å². The Balaban J connectivity index is 1.95. The molecule has 7 heteroatoms. The highest BCUT2D eigenvalue weighted by Crippen LogP contribution is 2.44. The highest BCUT2D eigenvalue weighted by Gasteiger charge is 2.36. The Labute approximate surface area is 169 Å². The summed E-state index contributed by atoms with van der Waals surface area (Å²) in [6.07, 6.45) is 0. The molecular weight excluding hydrogens is 428 g/mol. The van der Waals surface area contributed by atoms with Crippen molar-refractivity contribution in [3.8, 4) is 17.6 Å². The molecule has 0 aliphatic carbocycles. The van der Waals surface area contributed by atoms with Crippen LogP contribution in [0.4, 0.5) is 0 Å². The monoisotopic (exact) mass is 440 g/mol. The van der Waals surface area contributed by atoms with Crippen molar-refractivity contribution in [1.82, 2.24) is 9.78 Å². The van der Waals surface area contributed by atoms with E-state index in [1.54, 1.807) is 16.8 Å². The van der Waals surface area contributed by atoms with Gasteiger partial charge in [-0.05, 0) is 42.8 Å². The first kappa shape index (κ1) is 17.7. The Kier molecular flexibility index (Phi) is 4.42. The minimum Gasteiger partial charge on any atom is -0.422 e. The lowest BCUT2D eigenvalue weighted by Gasteiger charge is -2.25. The van der Waals surface area contributed by atoms with Crippen LogP contribution in [0.5, 0.6) is 5.88 Å². The van der Waals surface area contributed by atoms with E-state index in [2.05, 4.69) is 27.1 Å². The summed E-state index contributed by atoms with van der Waals surface area (Å²) in [6.45, 7) is 1.89. The Hall–Kier alpha value is -2.75. The summed E-state index contributed by atoms with van der Waals surface area (Å²) in [5.74, 6) is 0.236. The van der Waals surface area contributed by atoms with Gasteiger partial charge in [-0.2, -0.15) is 10.4 Å². The van der Waals surface area contributed by atoms with E-state index in [0.717, 1.165) is 27.0 Å². The van der Waals surface area contributed by atoms with Gasteiger partial charge in [0.2, 0.25) is 11.8 Å². The predicted octanol–water partition coefficient (Wildman–Crippen LogP) is 4.81. The molecule has 1 atom stereocenters. The maximum atomic E-state index is 9.70. The zero-order chi connectivity index (χ0) is 19.1. The summed E-state index contributed by atoms with van der Waals surface area (Å²) in [5, 5.41) is 14.9. The van der Waals surface area contributed by atoms with Gasteiger partial charge in [-0.15, -0.1) is 0 Å². The molecule has 1 aliphatic heterocycles. The van der Waals surface area contributed by atoms with Gasteiger partial charge in [0.1, 0.15) is 11.6 Å². The molecule has 2 heterocycles. The maximum Gasteiger partial charge on any atom is 0.229 e. The second-order valence-corrected chi connectivity index (χ2v) is 7.52. The average molecular weight is 442 g/mol. The van der Waals surface area contributed by atoms with E-state index in [-0.39, 0.29) is 11.8 Å². The van der Waals surface area contributed by atoms with Crippen molar-refractivity contribution < 1.29 is 4.74 Å². The van der Waals surface area contributed by atoms with Crippen LogP contribution in [-0.4, -0.2) is 9.78 Å². The van der Waals surface area contributed by atoms with Gasteiger partial charge < -0.3 is 10.5 Å². The highest BCUT2D eigenvalue weighted by atomic mass is 79.9. The van der Waals surface area contributed by atoms with Crippen LogP contribution in [0.2, 0.25) is 5.02 Å². The van der Waals surface area contributed by atoms with E-state index in [1.807, 2.05) is 43.3 Å². The summed E-state index contributed by atoms with van der Waals surface area (Å²) in [6, 6.07) is 17.3. The molecular formula is C20H14BrClN4O. The van der Waals surface area contributed by atoms with Crippen LogP contribution in [0.15, 0.2) is 64.5 Å². The smallest absolute Gasteiger partial charge is 0.229 e. The third kappa shape index (κ3) is 2.99. The normalized spacial score (nSPS) is 15.9. The Bertz CT molecular complexity index is 1110. The van der Waals surface area contributed by atoms with Crippen LogP contribution < -0.4 is 10.5 Å². The number of rotatable bonds is 2. The first-order valence-corrected chi connectivity index (χ1v) is 9.35. The molecule has 0 radical (unpaired) electrons. The van der Waals surface area contributed by atoms with Gasteiger partial charge in [0.15, 0.2) is 0 Å². The van der Waals surface area contributed by atoms with Crippen molar-refractivity contribution in [2.75, 3.05) is 0 Å². The molecule has 5 nitrogen and oxygen atoms in total. The second-order valence-electron chi connectivity index (χ2n) is 6.17. The lowest BCUT2D eigenvalue weighted by atomic mass is 9.84. The first-order chi connectivity index (χ1) is 13.0. The largest absolute Gasteiger partial charge is 0.422 e. The zero-order valence-electron chi connectivity index (χ0n) is 14.3. The van der Waals surface area contributed by atoms with E-state index >= 15 is 0 Å². The number of allylic oxidation sites excluding steroid dienone is 1. The number of halogens is 2. The lowest BCUT2D eigenvalue weighted by molar-refractivity contribution is 0.367. The SMILES string of the molecule is Cc1nn(-c2cccc(Cl)c2)c2c1[C@H](c1ccc(Br)cc1)C(C#N)=C(N)O2. The summed E-state index contributed by atoms with van der Waals surface area (Å²) in [4.78, 5) is 0. The number of hydrogen-bond donors (Lipinski definition) is 1. The van der Waals surface area contributed by atoms with Crippen molar-refractivity contribution in [2.24, 2.45) is 5.73 Å². The van der Waals surface area contributed by atoms with E-state index in [9.17, 15) is 5.26 Å². The molecule has 1 aliphatic rings. The third-order valence-corrected chi connectivity index (χ3v) is 5.25. The van der Waals surface area contributed by atoms with Crippen LogP contribution >= 0.6 is 27.5 Å². The molecule has 0 amide bonds. The van der Waals surface area contributed by atoms with Crippen molar-refractivity contribution in [3.05, 3.63) is 86.3 Å². The highest BCUT2D eigenvalue weighted by molar-refractivity contribution is 9.10. The fourth-order valence-electron chi connectivity index (χ4n) is 3.29. The number of benzene rings is 2. The van der Waals surface area contributed by atoms with Gasteiger partial charge in [0.05, 0.1) is 22.9 Å². The molecule has 0 spiro atoms. The van der Waals surface area contributed by atoms with E-state index in [1.165, 1.54) is 0 Å². The molecule has 2 aromatic carbocycles. The molecule has 0 fully saturated rings. The Morgan fingerprint density at radius 3 is 2.67 bits per heavy atom. The van der Waals surface area contributed by atoms with Crippen molar-refractivity contribution in [1.29, 1.82) is 5.26 Å². The Morgan fingerprint density at radius 1 is 1.26 bits per heavy atom. The number of nitrogens with two attached hydrogens (primary N) is 1. The molecule has 1 aromatic heterocycles. The molecule has 3 aromatic rings. The molecule has 27 heavy (non-hydrogen) atoms. The second kappa shape index (κ2) is 6.76. The standard InChI is InChI=1S/C20H14BrClN4O/c1-11-17-18(12-5-7-13(21)8-6-12)16(10-23)19(24)27-20(17)26(25-11)15-4-2-3-14(22)9-15/h2-9,18H,24H2,1H3/t18-/m1/s1. The number of ether oxygens (including phenoxy) is 1. The van der Waals surface area contributed by atoms with Gasteiger partial charge in [-0.25, -0.2) is 4.68 Å². The van der Waals surface area contributed by atoms with Gasteiger partial charge in [-0.1, -0.05) is 45.7 Å². The number of nitrogens with zero attached hydrogens (tertiary/aromatic N) is 3. The predicted molar refractivity (Wildman–Crippen MR) is 107 cm³/mol. The van der Waals surface area contributed by atoms with Crippen LogP contribution in [0.25, 0.3) is 5.69 Å².